The van der Waals surface area contributed by atoms with Gasteiger partial charge in [0.15, 0.2) is 5.16 Å². The van der Waals surface area contributed by atoms with Crippen LogP contribution in [0, 0.1) is 15.9 Å². The summed E-state index contributed by atoms with van der Waals surface area (Å²) in [5.74, 6) is 0.860. The molecule has 1 aromatic heterocycles. The quantitative estimate of drug-likeness (QED) is 0.620. The molecule has 1 aromatic carbocycles. The van der Waals surface area contributed by atoms with E-state index in [0.717, 1.165) is 37.6 Å². The Labute approximate surface area is 129 Å². The van der Waals surface area contributed by atoms with E-state index in [1.54, 1.807) is 0 Å². The van der Waals surface area contributed by atoms with E-state index in [9.17, 15) is 14.5 Å². The van der Waals surface area contributed by atoms with Crippen molar-refractivity contribution in [3.05, 3.63) is 40.0 Å². The molecule has 0 saturated heterocycles. The fourth-order valence-corrected chi connectivity index (χ4v) is 3.47. The van der Waals surface area contributed by atoms with Crippen molar-refractivity contribution in [2.24, 2.45) is 0 Å². The second kappa shape index (κ2) is 5.05. The van der Waals surface area contributed by atoms with Crippen molar-refractivity contribution in [3.63, 3.8) is 0 Å². The van der Waals surface area contributed by atoms with E-state index in [-0.39, 0.29) is 5.69 Å². The first kappa shape index (κ1) is 13.7. The highest BCUT2D eigenvalue weighted by Gasteiger charge is 2.36. The van der Waals surface area contributed by atoms with Crippen molar-refractivity contribution in [1.82, 2.24) is 14.8 Å². The third kappa shape index (κ3) is 2.47. The molecule has 2 saturated carbocycles. The lowest BCUT2D eigenvalue weighted by atomic mass is 10.3. The summed E-state index contributed by atoms with van der Waals surface area (Å²) in [4.78, 5) is 10.9. The molecule has 114 valence electrons. The molecule has 0 N–H and O–H groups in total. The summed E-state index contributed by atoms with van der Waals surface area (Å²) < 4.78 is 15.4. The summed E-state index contributed by atoms with van der Waals surface area (Å²) in [6, 6.07) is 4.02. The van der Waals surface area contributed by atoms with E-state index in [1.807, 2.05) is 0 Å². The molecule has 2 aliphatic rings. The van der Waals surface area contributed by atoms with Gasteiger partial charge < -0.3 is 4.57 Å². The summed E-state index contributed by atoms with van der Waals surface area (Å²) in [7, 11) is 0. The zero-order valence-corrected chi connectivity index (χ0v) is 12.4. The Bertz CT molecular complexity index is 755. The van der Waals surface area contributed by atoms with Crippen LogP contribution in [0.5, 0.6) is 0 Å². The van der Waals surface area contributed by atoms with Crippen LogP contribution >= 0.6 is 11.8 Å². The lowest BCUT2D eigenvalue weighted by Crippen LogP contribution is -2.02. The van der Waals surface area contributed by atoms with E-state index in [1.165, 1.54) is 23.9 Å². The third-order valence-electron chi connectivity index (χ3n) is 3.86. The van der Waals surface area contributed by atoms with Gasteiger partial charge in [-0.15, -0.1) is 10.2 Å². The zero-order valence-electron chi connectivity index (χ0n) is 11.6. The summed E-state index contributed by atoms with van der Waals surface area (Å²) in [6.45, 7) is 0. The first-order valence-electron chi connectivity index (χ1n) is 7.20. The van der Waals surface area contributed by atoms with Gasteiger partial charge in [0.2, 0.25) is 0 Å². The van der Waals surface area contributed by atoms with E-state index in [2.05, 4.69) is 14.8 Å². The lowest BCUT2D eigenvalue weighted by molar-refractivity contribution is -0.387. The Morgan fingerprint density at radius 1 is 1.27 bits per heavy atom. The molecule has 0 unspecified atom stereocenters. The van der Waals surface area contributed by atoms with Crippen LogP contribution < -0.4 is 0 Å². The molecule has 0 aliphatic heterocycles. The smallest absolute Gasteiger partial charge is 0.286 e. The van der Waals surface area contributed by atoms with E-state index >= 15 is 0 Å². The number of nitro benzene ring substituents is 1. The first-order chi connectivity index (χ1) is 10.6. The number of hydrogen-bond donors (Lipinski definition) is 0. The highest BCUT2D eigenvalue weighted by Crippen LogP contribution is 2.47. The van der Waals surface area contributed by atoms with Gasteiger partial charge in [0.05, 0.1) is 15.9 Å². The molecule has 0 spiro atoms. The summed E-state index contributed by atoms with van der Waals surface area (Å²) in [5.41, 5.74) is -0.233. The monoisotopic (exact) mass is 320 g/mol. The van der Waals surface area contributed by atoms with E-state index < -0.39 is 10.7 Å². The second-order valence-corrected chi connectivity index (χ2v) is 6.70. The van der Waals surface area contributed by atoms with E-state index in [4.69, 9.17) is 0 Å². The van der Waals surface area contributed by atoms with Crippen molar-refractivity contribution < 1.29 is 9.31 Å². The van der Waals surface area contributed by atoms with Gasteiger partial charge in [0, 0.05) is 12.0 Å². The largest absolute Gasteiger partial charge is 0.302 e. The Kier molecular flexibility index (Phi) is 3.14. The van der Waals surface area contributed by atoms with Crippen molar-refractivity contribution in [2.75, 3.05) is 0 Å². The number of halogens is 1. The molecule has 2 fully saturated rings. The van der Waals surface area contributed by atoms with Gasteiger partial charge in [0.25, 0.3) is 5.69 Å². The van der Waals surface area contributed by atoms with Gasteiger partial charge in [0.1, 0.15) is 11.6 Å². The van der Waals surface area contributed by atoms with Crippen LogP contribution in [0.15, 0.2) is 28.3 Å². The van der Waals surface area contributed by atoms with Gasteiger partial charge >= 0.3 is 0 Å². The predicted octanol–water partition coefficient (Wildman–Crippen LogP) is 3.69. The minimum absolute atomic E-state index is 0.233. The van der Waals surface area contributed by atoms with Crippen molar-refractivity contribution in [2.45, 2.75) is 47.7 Å². The highest BCUT2D eigenvalue weighted by atomic mass is 32.2. The lowest BCUT2D eigenvalue weighted by Gasteiger charge is -2.08. The molecule has 0 bridgehead atoms. The number of nitro groups is 1. The molecule has 2 aromatic rings. The molecular weight excluding hydrogens is 307 g/mol. The molecule has 1 heterocycles. The molecule has 0 atom stereocenters. The standard InChI is InChI=1S/C14H13FN4O2S/c15-9-3-6-12(11(7-9)19(20)21)22-14-17-16-13(8-1-2-8)18(14)10-4-5-10/h3,6-8,10H,1-2,4-5H2. The molecule has 6 nitrogen and oxygen atoms in total. The Morgan fingerprint density at radius 3 is 2.68 bits per heavy atom. The number of nitrogens with zero attached hydrogens (tertiary/aromatic N) is 4. The molecule has 0 amide bonds. The minimum Gasteiger partial charge on any atom is -0.302 e. The minimum atomic E-state index is -0.613. The van der Waals surface area contributed by atoms with Crippen LogP contribution in [-0.4, -0.2) is 19.7 Å². The topological polar surface area (TPSA) is 73.8 Å². The van der Waals surface area contributed by atoms with Gasteiger partial charge in [-0.2, -0.15) is 0 Å². The number of rotatable bonds is 5. The Hall–Kier alpha value is -1.96. The van der Waals surface area contributed by atoms with Crippen LogP contribution in [0.4, 0.5) is 10.1 Å². The van der Waals surface area contributed by atoms with Crippen LogP contribution in [0.2, 0.25) is 0 Å². The second-order valence-electron chi connectivity index (χ2n) is 5.69. The van der Waals surface area contributed by atoms with Gasteiger partial charge in [-0.25, -0.2) is 4.39 Å². The summed E-state index contributed by atoms with van der Waals surface area (Å²) >= 11 is 1.19. The average molecular weight is 320 g/mol. The van der Waals surface area contributed by atoms with Crippen molar-refractivity contribution in [1.29, 1.82) is 0 Å². The molecule has 2 aliphatic carbocycles. The van der Waals surface area contributed by atoms with Crippen LogP contribution in [-0.2, 0) is 0 Å². The van der Waals surface area contributed by atoms with E-state index in [0.29, 0.717) is 22.0 Å². The van der Waals surface area contributed by atoms with Crippen molar-refractivity contribution >= 4 is 17.4 Å². The fourth-order valence-electron chi connectivity index (χ4n) is 2.47. The Balaban J connectivity index is 1.71. The zero-order chi connectivity index (χ0) is 15.3. The van der Waals surface area contributed by atoms with Crippen molar-refractivity contribution in [3.8, 4) is 0 Å². The molecule has 0 radical (unpaired) electrons. The fraction of sp³-hybridized carbons (Fsp3) is 0.429. The first-order valence-corrected chi connectivity index (χ1v) is 8.01. The maximum Gasteiger partial charge on any atom is 0.286 e. The predicted molar refractivity (Wildman–Crippen MR) is 77.4 cm³/mol. The Morgan fingerprint density at radius 2 is 2.05 bits per heavy atom. The molecule has 8 heteroatoms. The third-order valence-corrected chi connectivity index (χ3v) is 4.89. The van der Waals surface area contributed by atoms with Crippen LogP contribution in [0.25, 0.3) is 0 Å². The van der Waals surface area contributed by atoms with Gasteiger partial charge in [-0.1, -0.05) is 0 Å². The number of aromatic nitrogens is 3. The van der Waals surface area contributed by atoms with Crippen LogP contribution in [0.1, 0.15) is 43.5 Å². The SMILES string of the molecule is O=[N+]([O-])c1cc(F)ccc1Sc1nnc(C2CC2)n1C1CC1. The number of hydrogen-bond acceptors (Lipinski definition) is 5. The summed E-state index contributed by atoms with van der Waals surface area (Å²) in [5, 5.41) is 20.3. The van der Waals surface area contributed by atoms with Gasteiger partial charge in [-0.3, -0.25) is 10.1 Å². The van der Waals surface area contributed by atoms with Crippen LogP contribution in [0.3, 0.4) is 0 Å². The summed E-state index contributed by atoms with van der Waals surface area (Å²) in [6.07, 6.45) is 4.45. The maximum absolute atomic E-state index is 13.2. The molecule has 22 heavy (non-hydrogen) atoms. The van der Waals surface area contributed by atoms with Gasteiger partial charge in [-0.05, 0) is 49.6 Å². The maximum atomic E-state index is 13.2. The number of benzene rings is 1. The molecule has 4 rings (SSSR count). The molecular formula is C14H13FN4O2S. The average Bonchev–Trinajstić information content (AvgIpc) is 3.40. The highest BCUT2D eigenvalue weighted by molar-refractivity contribution is 7.99. The normalized spacial score (nSPS) is 17.7.